The summed E-state index contributed by atoms with van der Waals surface area (Å²) in [5, 5.41) is 7.04. The number of amides is 1. The lowest BCUT2D eigenvalue weighted by Gasteiger charge is -2.07. The van der Waals surface area contributed by atoms with Crippen LogP contribution < -0.4 is 5.32 Å². The molecule has 2 aromatic rings. The molecule has 0 unspecified atom stereocenters. The summed E-state index contributed by atoms with van der Waals surface area (Å²) in [7, 11) is 1.66. The number of anilines is 1. The molecule has 0 bridgehead atoms. The number of nitrogens with zero attached hydrogens (tertiary/aromatic N) is 2. The van der Waals surface area contributed by atoms with Crippen LogP contribution in [0.25, 0.3) is 0 Å². The lowest BCUT2D eigenvalue weighted by molar-refractivity contribution is 0.0527. The Kier molecular flexibility index (Phi) is 5.75. The number of ether oxygens (including phenoxy) is 1. The zero-order chi connectivity index (χ0) is 18.0. The van der Waals surface area contributed by atoms with E-state index in [2.05, 4.69) is 10.4 Å². The molecule has 2 aromatic heterocycles. The molecule has 1 N–H and O–H groups in total. The number of ketones is 1. The van der Waals surface area contributed by atoms with Crippen LogP contribution in [-0.4, -0.2) is 34.0 Å². The van der Waals surface area contributed by atoms with Crippen LogP contribution in [0.1, 0.15) is 49.9 Å². The molecular formula is C15H16IN3O4S. The van der Waals surface area contributed by atoms with Crippen molar-refractivity contribution in [1.82, 2.24) is 9.78 Å². The predicted molar refractivity (Wildman–Crippen MR) is 98.9 cm³/mol. The van der Waals surface area contributed by atoms with E-state index in [1.54, 1.807) is 27.1 Å². The van der Waals surface area contributed by atoms with E-state index in [0.717, 1.165) is 11.3 Å². The van der Waals surface area contributed by atoms with Crippen molar-refractivity contribution in [2.45, 2.75) is 20.8 Å². The van der Waals surface area contributed by atoms with Gasteiger partial charge in [-0.3, -0.25) is 14.3 Å². The smallest absolute Gasteiger partial charge is 0.341 e. The average Bonchev–Trinajstić information content (AvgIpc) is 2.99. The third kappa shape index (κ3) is 3.51. The Balaban J connectivity index is 2.46. The minimum atomic E-state index is -0.561. The van der Waals surface area contributed by atoms with Gasteiger partial charge in [-0.05, 0) is 48.9 Å². The number of rotatable bonds is 5. The lowest BCUT2D eigenvalue weighted by Crippen LogP contribution is -2.18. The highest BCUT2D eigenvalue weighted by Gasteiger charge is 2.26. The maximum atomic E-state index is 12.5. The fourth-order valence-corrected chi connectivity index (χ4v) is 4.02. The number of thiophene rings is 1. The number of hydrogen-bond donors (Lipinski definition) is 1. The van der Waals surface area contributed by atoms with Crippen LogP contribution >= 0.6 is 33.9 Å². The van der Waals surface area contributed by atoms with E-state index in [1.807, 2.05) is 22.6 Å². The van der Waals surface area contributed by atoms with E-state index in [9.17, 15) is 14.4 Å². The van der Waals surface area contributed by atoms with Crippen molar-refractivity contribution in [3.63, 3.8) is 0 Å². The molecule has 9 heteroatoms. The Morgan fingerprint density at radius 1 is 1.42 bits per heavy atom. The third-order valence-corrected chi connectivity index (χ3v) is 5.38. The minimum Gasteiger partial charge on any atom is -0.462 e. The molecule has 0 atom stereocenters. The average molecular weight is 461 g/mol. The summed E-state index contributed by atoms with van der Waals surface area (Å²) in [6, 6.07) is 0. The molecule has 0 aliphatic heterocycles. The standard InChI is InChI=1S/C15H16IN3O4S/c1-5-23-15(22)10-7(2)12(8(3)20)24-14(10)18-13(21)11-9(16)6-17-19(11)4/h6H,5H2,1-4H3,(H,18,21). The third-order valence-electron chi connectivity index (χ3n) is 3.28. The van der Waals surface area contributed by atoms with Gasteiger partial charge in [-0.25, -0.2) is 4.79 Å². The summed E-state index contributed by atoms with van der Waals surface area (Å²) in [4.78, 5) is 36.9. The number of aryl methyl sites for hydroxylation is 1. The van der Waals surface area contributed by atoms with Gasteiger partial charge in [0.15, 0.2) is 5.78 Å². The molecule has 7 nitrogen and oxygen atoms in total. The number of nitrogens with one attached hydrogen (secondary N) is 1. The van der Waals surface area contributed by atoms with Gasteiger partial charge in [-0.15, -0.1) is 11.3 Å². The summed E-state index contributed by atoms with van der Waals surface area (Å²) < 4.78 is 7.19. The minimum absolute atomic E-state index is 0.168. The molecule has 24 heavy (non-hydrogen) atoms. The van der Waals surface area contributed by atoms with Crippen molar-refractivity contribution in [2.24, 2.45) is 7.05 Å². The zero-order valence-electron chi connectivity index (χ0n) is 13.6. The molecule has 1 amide bonds. The van der Waals surface area contributed by atoms with Crippen LogP contribution in [0.4, 0.5) is 5.00 Å². The summed E-state index contributed by atoms with van der Waals surface area (Å²) >= 11 is 3.08. The molecule has 2 rings (SSSR count). The van der Waals surface area contributed by atoms with Gasteiger partial charge in [0.1, 0.15) is 10.7 Å². The van der Waals surface area contributed by atoms with E-state index >= 15 is 0 Å². The Labute approximate surface area is 156 Å². The van der Waals surface area contributed by atoms with Crippen LogP contribution in [0.3, 0.4) is 0 Å². The largest absolute Gasteiger partial charge is 0.462 e. The van der Waals surface area contributed by atoms with E-state index in [-0.39, 0.29) is 18.0 Å². The van der Waals surface area contributed by atoms with Gasteiger partial charge in [-0.1, -0.05) is 0 Å². The topological polar surface area (TPSA) is 90.3 Å². The van der Waals surface area contributed by atoms with Crippen LogP contribution in [0.2, 0.25) is 0 Å². The van der Waals surface area contributed by atoms with Crippen LogP contribution in [-0.2, 0) is 11.8 Å². The highest BCUT2D eigenvalue weighted by atomic mass is 127. The van der Waals surface area contributed by atoms with Crippen molar-refractivity contribution >= 4 is 56.6 Å². The van der Waals surface area contributed by atoms with Gasteiger partial charge in [0.05, 0.1) is 26.8 Å². The molecule has 2 heterocycles. The SMILES string of the molecule is CCOC(=O)c1c(NC(=O)c2c(I)cnn2C)sc(C(C)=O)c1C. The summed E-state index contributed by atoms with van der Waals surface area (Å²) in [5.41, 5.74) is 1.11. The number of Topliss-reactive ketones (excluding diaryl/α,β-unsaturated/α-hetero) is 1. The normalized spacial score (nSPS) is 10.5. The Hall–Kier alpha value is -1.75. The maximum Gasteiger partial charge on any atom is 0.341 e. The molecule has 0 aromatic carbocycles. The number of carbonyl (C=O) groups is 3. The number of esters is 1. The Morgan fingerprint density at radius 3 is 2.58 bits per heavy atom. The van der Waals surface area contributed by atoms with E-state index < -0.39 is 11.9 Å². The molecule has 0 aliphatic rings. The molecule has 0 radical (unpaired) electrons. The molecular weight excluding hydrogens is 445 g/mol. The van der Waals surface area contributed by atoms with Gasteiger partial charge in [0.2, 0.25) is 0 Å². The second kappa shape index (κ2) is 7.43. The van der Waals surface area contributed by atoms with E-state index in [4.69, 9.17) is 4.74 Å². The van der Waals surface area contributed by atoms with Crippen LogP contribution in [0.15, 0.2) is 6.20 Å². The molecule has 128 valence electrons. The second-order valence-corrected chi connectivity index (χ2v) is 7.14. The Morgan fingerprint density at radius 2 is 2.08 bits per heavy atom. The van der Waals surface area contributed by atoms with Crippen LogP contribution in [0, 0.1) is 10.5 Å². The zero-order valence-corrected chi connectivity index (χ0v) is 16.6. The lowest BCUT2D eigenvalue weighted by atomic mass is 10.1. The highest BCUT2D eigenvalue weighted by molar-refractivity contribution is 14.1. The fraction of sp³-hybridized carbons (Fsp3) is 0.333. The van der Waals surface area contributed by atoms with Gasteiger partial charge in [-0.2, -0.15) is 5.10 Å². The van der Waals surface area contributed by atoms with Crippen molar-refractivity contribution < 1.29 is 19.1 Å². The van der Waals surface area contributed by atoms with Crippen molar-refractivity contribution in [3.8, 4) is 0 Å². The first-order valence-electron chi connectivity index (χ1n) is 7.08. The second-order valence-electron chi connectivity index (χ2n) is 4.96. The molecule has 0 saturated heterocycles. The number of aromatic nitrogens is 2. The van der Waals surface area contributed by atoms with Gasteiger partial charge < -0.3 is 10.1 Å². The molecule has 0 aliphatic carbocycles. The summed E-state index contributed by atoms with van der Waals surface area (Å²) in [6.07, 6.45) is 1.57. The first-order chi connectivity index (χ1) is 11.3. The molecule has 0 saturated carbocycles. The molecule has 0 spiro atoms. The maximum absolute atomic E-state index is 12.5. The highest BCUT2D eigenvalue weighted by Crippen LogP contribution is 2.34. The van der Waals surface area contributed by atoms with Gasteiger partial charge in [0.25, 0.3) is 5.91 Å². The summed E-state index contributed by atoms with van der Waals surface area (Å²) in [5.74, 6) is -1.13. The Bertz CT molecular complexity index is 806. The predicted octanol–water partition coefficient (Wildman–Crippen LogP) is 3.03. The van der Waals surface area contributed by atoms with Gasteiger partial charge in [0, 0.05) is 7.05 Å². The van der Waals surface area contributed by atoms with Gasteiger partial charge >= 0.3 is 5.97 Å². The van der Waals surface area contributed by atoms with Crippen molar-refractivity contribution in [2.75, 3.05) is 11.9 Å². The number of hydrogen-bond acceptors (Lipinski definition) is 6. The van der Waals surface area contributed by atoms with E-state index in [1.165, 1.54) is 11.6 Å². The van der Waals surface area contributed by atoms with Crippen molar-refractivity contribution in [3.05, 3.63) is 31.5 Å². The fourth-order valence-electron chi connectivity index (χ4n) is 2.21. The number of halogens is 1. The van der Waals surface area contributed by atoms with Crippen molar-refractivity contribution in [1.29, 1.82) is 0 Å². The first-order valence-corrected chi connectivity index (χ1v) is 8.97. The first kappa shape index (κ1) is 18.6. The monoisotopic (exact) mass is 461 g/mol. The summed E-state index contributed by atoms with van der Waals surface area (Å²) in [6.45, 7) is 4.99. The molecule has 0 fully saturated rings. The van der Waals surface area contributed by atoms with E-state index in [0.29, 0.717) is 24.7 Å². The van der Waals surface area contributed by atoms with Crippen LogP contribution in [0.5, 0.6) is 0 Å². The quantitative estimate of drug-likeness (QED) is 0.420. The number of carbonyl (C=O) groups excluding carboxylic acids is 3.